The zero-order valence-corrected chi connectivity index (χ0v) is 35.5. The van der Waals surface area contributed by atoms with Crippen molar-refractivity contribution in [2.45, 2.75) is 174 Å². The van der Waals surface area contributed by atoms with Gasteiger partial charge in [-0.25, -0.2) is 4.57 Å². The molecule has 0 fully saturated rings. The van der Waals surface area contributed by atoms with Crippen LogP contribution in [0, 0.1) is 0 Å². The molecular formula is C45H78NO8P. The smallest absolute Gasteiger partial charge is 0.462 e. The van der Waals surface area contributed by atoms with Gasteiger partial charge in [-0.15, -0.1) is 0 Å². The van der Waals surface area contributed by atoms with E-state index in [1.807, 2.05) is 0 Å². The Labute approximate surface area is 335 Å². The van der Waals surface area contributed by atoms with Crippen LogP contribution in [0.3, 0.4) is 0 Å². The average molecular weight is 792 g/mol. The SMILES string of the molecule is CCCCC/C=C/C/C=C/C/C=C/CCCCCCC(=O)O[C@H](COC(=O)CCC/C=C/C/C=C/C/C=C/CCCCCCCC)COP(=O)(O)OCCN. The van der Waals surface area contributed by atoms with Gasteiger partial charge >= 0.3 is 19.8 Å². The Morgan fingerprint density at radius 2 is 0.964 bits per heavy atom. The Balaban J connectivity index is 4.31. The Bertz CT molecular complexity index is 1130. The maximum Gasteiger partial charge on any atom is 0.472 e. The highest BCUT2D eigenvalue weighted by Gasteiger charge is 2.25. The molecule has 10 heteroatoms. The number of phosphoric acid groups is 1. The molecule has 0 amide bonds. The van der Waals surface area contributed by atoms with Crippen molar-refractivity contribution in [3.63, 3.8) is 0 Å². The fraction of sp³-hybridized carbons (Fsp3) is 0.689. The van der Waals surface area contributed by atoms with Gasteiger partial charge < -0.3 is 20.1 Å². The zero-order chi connectivity index (χ0) is 40.3. The molecule has 0 rings (SSSR count). The fourth-order valence-corrected chi connectivity index (χ4v) is 6.13. The molecule has 0 aliphatic heterocycles. The number of hydrogen-bond donors (Lipinski definition) is 2. The van der Waals surface area contributed by atoms with Crippen LogP contribution >= 0.6 is 7.82 Å². The van der Waals surface area contributed by atoms with Gasteiger partial charge in [-0.1, -0.05) is 145 Å². The third kappa shape index (κ3) is 40.9. The van der Waals surface area contributed by atoms with Crippen LogP contribution in [0.1, 0.15) is 168 Å². The first-order chi connectivity index (χ1) is 26.8. The summed E-state index contributed by atoms with van der Waals surface area (Å²) in [5.41, 5.74) is 5.34. The maximum atomic E-state index is 12.6. The monoisotopic (exact) mass is 792 g/mol. The van der Waals surface area contributed by atoms with Crippen LogP contribution in [0.4, 0.5) is 0 Å². The molecule has 0 radical (unpaired) electrons. The lowest BCUT2D eigenvalue weighted by atomic mass is 10.1. The maximum absolute atomic E-state index is 12.6. The first-order valence-corrected chi connectivity index (χ1v) is 22.9. The van der Waals surface area contributed by atoms with Crippen molar-refractivity contribution in [3.8, 4) is 0 Å². The first-order valence-electron chi connectivity index (χ1n) is 21.4. The minimum absolute atomic E-state index is 0.0395. The number of nitrogens with two attached hydrogens (primary N) is 1. The number of unbranched alkanes of at least 4 members (excludes halogenated alkanes) is 14. The Morgan fingerprint density at radius 3 is 1.49 bits per heavy atom. The van der Waals surface area contributed by atoms with E-state index in [0.717, 1.165) is 64.2 Å². The van der Waals surface area contributed by atoms with Crippen molar-refractivity contribution < 1.29 is 37.6 Å². The molecule has 0 aliphatic carbocycles. The van der Waals surface area contributed by atoms with Crippen molar-refractivity contribution in [2.75, 3.05) is 26.4 Å². The molecule has 55 heavy (non-hydrogen) atoms. The summed E-state index contributed by atoms with van der Waals surface area (Å²) >= 11 is 0. The summed E-state index contributed by atoms with van der Waals surface area (Å²) in [5.74, 6) is -0.921. The molecule has 0 aromatic rings. The summed E-state index contributed by atoms with van der Waals surface area (Å²) in [6.45, 7) is 3.60. The molecule has 0 bridgehead atoms. The molecule has 0 aliphatic rings. The van der Waals surface area contributed by atoms with Crippen molar-refractivity contribution in [1.29, 1.82) is 0 Å². The molecule has 0 saturated carbocycles. The standard InChI is InChI=1S/C45H78NO8P/c1-3-5-7-9-11-13-15-17-19-21-23-25-27-29-31-33-35-37-44(47)51-41-43(42-53-55(49,50)52-40-39-46)54-45(48)38-36-34-32-30-28-26-24-22-20-18-16-14-12-10-8-6-4-2/h12,14,17-20,23-26,29,31,43H,3-11,13,15-16,21-22,27-28,30,32-42,46H2,1-2H3,(H,49,50)/b14-12+,19-17+,20-18+,25-23+,26-24+,31-29+/t43-/m1/s1. The average Bonchev–Trinajstić information content (AvgIpc) is 3.17. The van der Waals surface area contributed by atoms with E-state index in [4.69, 9.17) is 24.3 Å². The van der Waals surface area contributed by atoms with Crippen LogP contribution in [-0.2, 0) is 32.7 Å². The highest BCUT2D eigenvalue weighted by Crippen LogP contribution is 2.43. The van der Waals surface area contributed by atoms with Gasteiger partial charge in [-0.05, 0) is 83.5 Å². The minimum atomic E-state index is -4.40. The second kappa shape index (κ2) is 41.1. The second-order valence-electron chi connectivity index (χ2n) is 13.8. The van der Waals surface area contributed by atoms with Crippen LogP contribution in [-0.4, -0.2) is 49.3 Å². The molecular weight excluding hydrogens is 713 g/mol. The largest absolute Gasteiger partial charge is 0.472 e. The molecule has 0 aromatic carbocycles. The Kier molecular flexibility index (Phi) is 39.2. The van der Waals surface area contributed by atoms with E-state index >= 15 is 0 Å². The molecule has 0 heterocycles. The number of carbonyl (C=O) groups is 2. The quantitative estimate of drug-likeness (QED) is 0.0270. The molecule has 2 atom stereocenters. The van der Waals surface area contributed by atoms with E-state index in [0.29, 0.717) is 12.8 Å². The van der Waals surface area contributed by atoms with Crippen molar-refractivity contribution in [3.05, 3.63) is 72.9 Å². The molecule has 316 valence electrons. The van der Waals surface area contributed by atoms with Gasteiger partial charge in [0.2, 0.25) is 0 Å². The predicted octanol–water partition coefficient (Wildman–Crippen LogP) is 12.3. The summed E-state index contributed by atoms with van der Waals surface area (Å²) < 4.78 is 32.7. The molecule has 0 aromatic heterocycles. The molecule has 0 spiro atoms. The number of esters is 2. The van der Waals surface area contributed by atoms with Gasteiger partial charge in [-0.3, -0.25) is 18.6 Å². The first kappa shape index (κ1) is 52.5. The van der Waals surface area contributed by atoms with Gasteiger partial charge in [0.25, 0.3) is 0 Å². The number of allylic oxidation sites excluding steroid dienone is 12. The lowest BCUT2D eigenvalue weighted by Gasteiger charge is -2.19. The van der Waals surface area contributed by atoms with Gasteiger partial charge in [0.1, 0.15) is 6.61 Å². The van der Waals surface area contributed by atoms with Gasteiger partial charge in [0, 0.05) is 19.4 Å². The highest BCUT2D eigenvalue weighted by molar-refractivity contribution is 7.47. The number of hydrogen-bond acceptors (Lipinski definition) is 8. The molecule has 3 N–H and O–H groups in total. The van der Waals surface area contributed by atoms with E-state index in [-0.39, 0.29) is 32.6 Å². The third-order valence-corrected chi connectivity index (χ3v) is 9.55. The summed E-state index contributed by atoms with van der Waals surface area (Å²) in [5, 5.41) is 0. The molecule has 1 unspecified atom stereocenters. The van der Waals surface area contributed by atoms with E-state index in [1.54, 1.807) is 0 Å². The van der Waals surface area contributed by atoms with Crippen LogP contribution in [0.15, 0.2) is 72.9 Å². The Morgan fingerprint density at radius 1 is 0.545 bits per heavy atom. The normalized spacial score (nSPS) is 14.0. The van der Waals surface area contributed by atoms with Crippen molar-refractivity contribution >= 4 is 19.8 Å². The summed E-state index contributed by atoms with van der Waals surface area (Å²) in [4.78, 5) is 34.8. The Hall–Kier alpha value is -2.55. The lowest BCUT2D eigenvalue weighted by molar-refractivity contribution is -0.161. The van der Waals surface area contributed by atoms with E-state index in [2.05, 4.69) is 86.8 Å². The van der Waals surface area contributed by atoms with E-state index in [1.165, 1.54) is 64.2 Å². The van der Waals surface area contributed by atoms with Crippen LogP contribution in [0.25, 0.3) is 0 Å². The third-order valence-electron chi connectivity index (χ3n) is 8.56. The van der Waals surface area contributed by atoms with Gasteiger partial charge in [0.05, 0.1) is 13.2 Å². The van der Waals surface area contributed by atoms with Gasteiger partial charge in [0.15, 0.2) is 6.10 Å². The summed E-state index contributed by atoms with van der Waals surface area (Å²) in [6.07, 6.45) is 49.4. The molecule has 9 nitrogen and oxygen atoms in total. The van der Waals surface area contributed by atoms with Gasteiger partial charge in [-0.2, -0.15) is 0 Å². The van der Waals surface area contributed by atoms with Crippen LogP contribution in [0.2, 0.25) is 0 Å². The van der Waals surface area contributed by atoms with Crippen LogP contribution in [0.5, 0.6) is 0 Å². The van der Waals surface area contributed by atoms with Crippen LogP contribution < -0.4 is 5.73 Å². The topological polar surface area (TPSA) is 134 Å². The fourth-order valence-electron chi connectivity index (χ4n) is 5.36. The van der Waals surface area contributed by atoms with Crippen molar-refractivity contribution in [2.24, 2.45) is 5.73 Å². The van der Waals surface area contributed by atoms with E-state index in [9.17, 15) is 19.0 Å². The second-order valence-corrected chi connectivity index (χ2v) is 15.3. The number of ether oxygens (including phenoxy) is 2. The number of carbonyl (C=O) groups excluding carboxylic acids is 2. The summed E-state index contributed by atoms with van der Waals surface area (Å²) in [7, 11) is -4.40. The lowest BCUT2D eigenvalue weighted by Crippen LogP contribution is -2.29. The number of phosphoric ester groups is 1. The summed E-state index contributed by atoms with van der Waals surface area (Å²) in [6, 6.07) is 0. The van der Waals surface area contributed by atoms with E-state index < -0.39 is 32.5 Å². The minimum Gasteiger partial charge on any atom is -0.462 e. The highest BCUT2D eigenvalue weighted by atomic mass is 31.2. The van der Waals surface area contributed by atoms with Crippen molar-refractivity contribution in [1.82, 2.24) is 0 Å². The number of rotatable bonds is 39. The zero-order valence-electron chi connectivity index (χ0n) is 34.6. The predicted molar refractivity (Wildman–Crippen MR) is 229 cm³/mol. The molecule has 0 saturated heterocycles.